The Kier molecular flexibility index (Phi) is 6.37. The van der Waals surface area contributed by atoms with Crippen LogP contribution >= 0.6 is 35.0 Å². The number of carbonyl (C=O) groups is 2. The van der Waals surface area contributed by atoms with Gasteiger partial charge in [-0.2, -0.15) is 0 Å². The van der Waals surface area contributed by atoms with Crippen molar-refractivity contribution >= 4 is 52.2 Å². The molecule has 0 unspecified atom stereocenters. The molecule has 31 heavy (non-hydrogen) atoms. The van der Waals surface area contributed by atoms with E-state index in [1.807, 2.05) is 42.5 Å². The van der Waals surface area contributed by atoms with Crippen LogP contribution in [0, 0.1) is 0 Å². The molecule has 7 heteroatoms. The quantitative estimate of drug-likeness (QED) is 0.431. The number of thioether (sulfide) groups is 1. The van der Waals surface area contributed by atoms with Gasteiger partial charge in [0.25, 0.3) is 11.1 Å². The highest BCUT2D eigenvalue weighted by Crippen LogP contribution is 2.36. The average molecular weight is 470 g/mol. The number of imide groups is 1. The van der Waals surface area contributed by atoms with Gasteiger partial charge in [-0.15, -0.1) is 0 Å². The van der Waals surface area contributed by atoms with E-state index >= 15 is 0 Å². The van der Waals surface area contributed by atoms with Crippen molar-refractivity contribution in [1.82, 2.24) is 4.90 Å². The second-order valence-corrected chi connectivity index (χ2v) is 8.90. The summed E-state index contributed by atoms with van der Waals surface area (Å²) >= 11 is 12.9. The van der Waals surface area contributed by atoms with Gasteiger partial charge in [-0.1, -0.05) is 65.7 Å². The number of phenols is 1. The molecule has 0 atom stereocenters. The van der Waals surface area contributed by atoms with Crippen molar-refractivity contribution in [1.29, 1.82) is 0 Å². The van der Waals surface area contributed by atoms with E-state index in [4.69, 9.17) is 23.2 Å². The summed E-state index contributed by atoms with van der Waals surface area (Å²) in [5.74, 6) is -0.377. The number of nitrogens with zero attached hydrogens (tertiary/aromatic N) is 1. The van der Waals surface area contributed by atoms with Gasteiger partial charge in [0.1, 0.15) is 5.75 Å². The van der Waals surface area contributed by atoms with E-state index in [-0.39, 0.29) is 22.4 Å². The molecule has 3 aromatic carbocycles. The molecular formula is C24H17Cl2NO3S. The van der Waals surface area contributed by atoms with Crippen molar-refractivity contribution in [2.24, 2.45) is 0 Å². The summed E-state index contributed by atoms with van der Waals surface area (Å²) in [5.41, 5.74) is 3.24. The van der Waals surface area contributed by atoms with Crippen LogP contribution in [0.3, 0.4) is 0 Å². The van der Waals surface area contributed by atoms with Crippen LogP contribution in [0.25, 0.3) is 6.08 Å². The normalized spacial score (nSPS) is 15.2. The number of amides is 2. The number of benzene rings is 3. The molecule has 156 valence electrons. The Morgan fingerprint density at radius 2 is 1.71 bits per heavy atom. The lowest BCUT2D eigenvalue weighted by Crippen LogP contribution is -2.27. The predicted molar refractivity (Wildman–Crippen MR) is 125 cm³/mol. The van der Waals surface area contributed by atoms with Gasteiger partial charge >= 0.3 is 0 Å². The zero-order chi connectivity index (χ0) is 22.0. The molecule has 1 saturated heterocycles. The zero-order valence-corrected chi connectivity index (χ0v) is 18.5. The third kappa shape index (κ3) is 4.96. The first kappa shape index (κ1) is 21.5. The molecule has 0 aliphatic carbocycles. The van der Waals surface area contributed by atoms with E-state index in [1.54, 1.807) is 30.3 Å². The van der Waals surface area contributed by atoms with Gasteiger partial charge in [-0.25, -0.2) is 0 Å². The van der Waals surface area contributed by atoms with E-state index in [9.17, 15) is 14.7 Å². The Labute approximate surface area is 194 Å². The first-order valence-electron chi connectivity index (χ1n) is 9.46. The standard InChI is InChI=1S/C24H17Cl2NO3S/c25-19-8-7-17(20(26)13-19)14-27-23(29)22(31-24(27)30)12-18-11-16(6-9-21(18)28)10-15-4-2-1-3-5-15/h1-9,11-13,28H,10,14H2/b22-12-. The lowest BCUT2D eigenvalue weighted by molar-refractivity contribution is -0.123. The Bertz CT molecular complexity index is 1190. The SMILES string of the molecule is O=C1S/C(=C\c2cc(Cc3ccccc3)ccc2O)C(=O)N1Cc1ccc(Cl)cc1Cl. The van der Waals surface area contributed by atoms with Crippen LogP contribution in [0.15, 0.2) is 71.6 Å². The maximum absolute atomic E-state index is 12.9. The highest BCUT2D eigenvalue weighted by molar-refractivity contribution is 8.18. The van der Waals surface area contributed by atoms with Crippen molar-refractivity contribution in [2.45, 2.75) is 13.0 Å². The van der Waals surface area contributed by atoms with Crippen LogP contribution in [-0.2, 0) is 17.8 Å². The lowest BCUT2D eigenvalue weighted by Gasteiger charge is -2.13. The molecule has 2 amide bonds. The molecule has 1 aliphatic rings. The number of phenolic OH excluding ortho intramolecular Hbond substituents is 1. The van der Waals surface area contributed by atoms with E-state index in [0.29, 0.717) is 27.6 Å². The van der Waals surface area contributed by atoms with Gasteiger partial charge in [-0.3, -0.25) is 14.5 Å². The van der Waals surface area contributed by atoms with Gasteiger partial charge in [-0.05, 0) is 65.2 Å². The van der Waals surface area contributed by atoms with Gasteiger partial charge in [0.15, 0.2) is 0 Å². The zero-order valence-electron chi connectivity index (χ0n) is 16.2. The lowest BCUT2D eigenvalue weighted by atomic mass is 10.0. The van der Waals surface area contributed by atoms with Gasteiger partial charge in [0.05, 0.1) is 11.4 Å². The number of halogens is 2. The number of rotatable bonds is 5. The van der Waals surface area contributed by atoms with Gasteiger partial charge in [0, 0.05) is 15.6 Å². The average Bonchev–Trinajstić information content (AvgIpc) is 3.00. The fraction of sp³-hybridized carbons (Fsp3) is 0.0833. The third-order valence-electron chi connectivity index (χ3n) is 4.85. The van der Waals surface area contributed by atoms with Gasteiger partial charge in [0.2, 0.25) is 0 Å². The van der Waals surface area contributed by atoms with Crippen molar-refractivity contribution in [3.63, 3.8) is 0 Å². The minimum absolute atomic E-state index is 0.0457. The summed E-state index contributed by atoms with van der Waals surface area (Å²) < 4.78 is 0. The van der Waals surface area contributed by atoms with Crippen molar-refractivity contribution in [3.05, 3.63) is 104 Å². The van der Waals surface area contributed by atoms with E-state index in [1.165, 1.54) is 0 Å². The Morgan fingerprint density at radius 1 is 0.935 bits per heavy atom. The Balaban J connectivity index is 1.57. The molecule has 0 spiro atoms. The summed E-state index contributed by atoms with van der Waals surface area (Å²) in [4.78, 5) is 26.7. The molecule has 4 nitrogen and oxygen atoms in total. The van der Waals surface area contributed by atoms with Crippen molar-refractivity contribution in [2.75, 3.05) is 0 Å². The minimum Gasteiger partial charge on any atom is -0.507 e. The molecule has 1 fully saturated rings. The molecule has 0 aromatic heterocycles. The fourth-order valence-corrected chi connectivity index (χ4v) is 4.56. The fourth-order valence-electron chi connectivity index (χ4n) is 3.26. The molecule has 1 heterocycles. The second kappa shape index (κ2) is 9.18. The topological polar surface area (TPSA) is 57.6 Å². The molecule has 4 rings (SSSR count). The summed E-state index contributed by atoms with van der Waals surface area (Å²) in [6.45, 7) is 0.0536. The monoisotopic (exact) mass is 469 g/mol. The molecule has 0 bridgehead atoms. The van der Waals surface area contributed by atoms with E-state index < -0.39 is 5.91 Å². The predicted octanol–water partition coefficient (Wildman–Crippen LogP) is 6.53. The number of hydrogen-bond donors (Lipinski definition) is 1. The number of carbonyl (C=O) groups excluding carboxylic acids is 2. The molecular weight excluding hydrogens is 453 g/mol. The van der Waals surface area contributed by atoms with Crippen molar-refractivity contribution in [3.8, 4) is 5.75 Å². The Hall–Kier alpha value is -2.73. The Morgan fingerprint density at radius 3 is 2.45 bits per heavy atom. The maximum atomic E-state index is 12.9. The summed E-state index contributed by atoms with van der Waals surface area (Å²) in [7, 11) is 0. The first-order chi connectivity index (χ1) is 14.9. The summed E-state index contributed by atoms with van der Waals surface area (Å²) in [5, 5.41) is 10.8. The molecule has 3 aromatic rings. The molecule has 0 radical (unpaired) electrons. The molecule has 1 N–H and O–H groups in total. The highest BCUT2D eigenvalue weighted by Gasteiger charge is 2.35. The molecule has 1 aliphatic heterocycles. The largest absolute Gasteiger partial charge is 0.507 e. The van der Waals surface area contributed by atoms with Crippen LogP contribution in [-0.4, -0.2) is 21.2 Å². The van der Waals surface area contributed by atoms with Crippen LogP contribution in [0.2, 0.25) is 10.0 Å². The van der Waals surface area contributed by atoms with Crippen LogP contribution < -0.4 is 0 Å². The van der Waals surface area contributed by atoms with Crippen molar-refractivity contribution < 1.29 is 14.7 Å². The van der Waals surface area contributed by atoms with E-state index in [2.05, 4.69) is 0 Å². The summed E-state index contributed by atoms with van der Waals surface area (Å²) in [6.07, 6.45) is 2.25. The highest BCUT2D eigenvalue weighted by atomic mass is 35.5. The number of hydrogen-bond acceptors (Lipinski definition) is 4. The molecule has 0 saturated carbocycles. The van der Waals surface area contributed by atoms with Crippen LogP contribution in [0.5, 0.6) is 5.75 Å². The maximum Gasteiger partial charge on any atom is 0.293 e. The smallest absolute Gasteiger partial charge is 0.293 e. The first-order valence-corrected chi connectivity index (χ1v) is 11.0. The second-order valence-electron chi connectivity index (χ2n) is 7.06. The van der Waals surface area contributed by atoms with Crippen LogP contribution in [0.1, 0.15) is 22.3 Å². The van der Waals surface area contributed by atoms with E-state index in [0.717, 1.165) is 27.8 Å². The number of aromatic hydroxyl groups is 1. The minimum atomic E-state index is -0.422. The third-order valence-corrected chi connectivity index (χ3v) is 6.34. The van der Waals surface area contributed by atoms with Crippen LogP contribution in [0.4, 0.5) is 4.79 Å². The summed E-state index contributed by atoms with van der Waals surface area (Å²) in [6, 6.07) is 20.1. The van der Waals surface area contributed by atoms with Gasteiger partial charge < -0.3 is 5.11 Å².